The molecule has 66 heavy (non-hydrogen) atoms. The van der Waals surface area contributed by atoms with Crippen molar-refractivity contribution >= 4 is 11.9 Å². The molecule has 0 bridgehead atoms. The zero-order chi connectivity index (χ0) is 48.1. The second-order valence-corrected chi connectivity index (χ2v) is 20.4. The first-order valence-corrected chi connectivity index (χ1v) is 29.6. The number of amides is 1. The zero-order valence-corrected chi connectivity index (χ0v) is 44.6. The monoisotopic (exact) mass is 930 g/mol. The normalized spacial score (nSPS) is 13.2. The molecule has 0 aliphatic heterocycles. The summed E-state index contributed by atoms with van der Waals surface area (Å²) in [5.41, 5.74) is 0. The van der Waals surface area contributed by atoms with Gasteiger partial charge in [0.25, 0.3) is 0 Å². The molecule has 3 N–H and O–H groups in total. The van der Waals surface area contributed by atoms with E-state index in [-0.39, 0.29) is 24.9 Å². The summed E-state index contributed by atoms with van der Waals surface area (Å²) < 4.78 is 5.86. The standard InChI is InChI=1S/C60H115NO5/c1-4-7-10-13-16-19-22-24-26-28-29-31-33-35-38-41-44-47-50-53-60(65)66-56(51-48-45-42-39-36-21-18-15-12-9-6-3)54-59(64)61-57(55-62)58(63)52-49-46-43-40-37-34-32-30-27-25-23-20-17-14-11-8-5-2/h39,42,48,51,56-58,62-63H,4-38,40-41,43-47,49-50,52-55H2,1-3H3,(H,61,64)/b42-39-,51-48+. The number of carbonyl (C=O) groups excluding carboxylic acids is 2. The van der Waals surface area contributed by atoms with E-state index in [1.54, 1.807) is 0 Å². The van der Waals surface area contributed by atoms with Gasteiger partial charge in [-0.2, -0.15) is 0 Å². The maximum atomic E-state index is 13.2. The van der Waals surface area contributed by atoms with E-state index in [1.165, 1.54) is 231 Å². The number of carbonyl (C=O) groups is 2. The van der Waals surface area contributed by atoms with E-state index < -0.39 is 18.2 Å². The molecular weight excluding hydrogens is 815 g/mol. The van der Waals surface area contributed by atoms with Crippen molar-refractivity contribution in [3.05, 3.63) is 24.3 Å². The summed E-state index contributed by atoms with van der Waals surface area (Å²) in [7, 11) is 0. The fourth-order valence-electron chi connectivity index (χ4n) is 9.28. The lowest BCUT2D eigenvalue weighted by molar-refractivity contribution is -0.148. The summed E-state index contributed by atoms with van der Waals surface area (Å²) in [6, 6.07) is -0.728. The fourth-order valence-corrected chi connectivity index (χ4v) is 9.28. The van der Waals surface area contributed by atoms with Crippen LogP contribution in [-0.2, 0) is 14.3 Å². The summed E-state index contributed by atoms with van der Waals surface area (Å²) in [6.45, 7) is 6.49. The Morgan fingerprint density at radius 1 is 0.455 bits per heavy atom. The minimum absolute atomic E-state index is 0.0226. The highest BCUT2D eigenvalue weighted by Crippen LogP contribution is 2.18. The van der Waals surface area contributed by atoms with Gasteiger partial charge in [-0.15, -0.1) is 0 Å². The molecule has 0 aromatic heterocycles. The molecule has 3 unspecified atom stereocenters. The van der Waals surface area contributed by atoms with E-state index in [1.807, 2.05) is 12.2 Å². The second kappa shape index (κ2) is 54.3. The number of nitrogens with one attached hydrogen (secondary N) is 1. The van der Waals surface area contributed by atoms with E-state index >= 15 is 0 Å². The van der Waals surface area contributed by atoms with Crippen LogP contribution in [0.25, 0.3) is 0 Å². The van der Waals surface area contributed by atoms with Crippen molar-refractivity contribution < 1.29 is 24.5 Å². The zero-order valence-electron chi connectivity index (χ0n) is 44.6. The number of allylic oxidation sites excluding steroid dienone is 3. The van der Waals surface area contributed by atoms with E-state index in [4.69, 9.17) is 4.74 Å². The van der Waals surface area contributed by atoms with Crippen molar-refractivity contribution in [3.8, 4) is 0 Å². The summed E-state index contributed by atoms with van der Waals surface area (Å²) >= 11 is 0. The van der Waals surface area contributed by atoms with E-state index in [9.17, 15) is 19.8 Å². The van der Waals surface area contributed by atoms with Crippen LogP contribution in [0.5, 0.6) is 0 Å². The van der Waals surface area contributed by atoms with Crippen molar-refractivity contribution in [2.24, 2.45) is 0 Å². The molecule has 0 saturated carbocycles. The van der Waals surface area contributed by atoms with Crippen LogP contribution in [0.4, 0.5) is 0 Å². The highest BCUT2D eigenvalue weighted by Gasteiger charge is 2.23. The summed E-state index contributed by atoms with van der Waals surface area (Å²) in [5.74, 6) is -0.583. The molecule has 0 radical (unpaired) electrons. The quantitative estimate of drug-likeness (QED) is 0.0321. The molecule has 0 aromatic carbocycles. The Morgan fingerprint density at radius 2 is 0.803 bits per heavy atom. The van der Waals surface area contributed by atoms with Crippen LogP contribution in [0.3, 0.4) is 0 Å². The number of unbranched alkanes of at least 4 members (excludes halogenated alkanes) is 40. The number of rotatable bonds is 54. The molecule has 0 aliphatic carbocycles. The molecule has 390 valence electrons. The number of esters is 1. The van der Waals surface area contributed by atoms with Crippen molar-refractivity contribution in [1.29, 1.82) is 0 Å². The van der Waals surface area contributed by atoms with Gasteiger partial charge < -0.3 is 20.3 Å². The van der Waals surface area contributed by atoms with Gasteiger partial charge in [0, 0.05) is 6.42 Å². The summed E-state index contributed by atoms with van der Waals surface area (Å²) in [5, 5.41) is 23.8. The van der Waals surface area contributed by atoms with Crippen LogP contribution >= 0.6 is 0 Å². The minimum atomic E-state index is -0.807. The number of aliphatic hydroxyl groups excluding tert-OH is 2. The van der Waals surface area contributed by atoms with Crippen molar-refractivity contribution in [1.82, 2.24) is 5.32 Å². The smallest absolute Gasteiger partial charge is 0.306 e. The van der Waals surface area contributed by atoms with Crippen LogP contribution < -0.4 is 5.32 Å². The molecule has 0 aliphatic rings. The van der Waals surface area contributed by atoms with Crippen molar-refractivity contribution in [2.45, 2.75) is 341 Å². The predicted molar refractivity (Wildman–Crippen MR) is 287 cm³/mol. The first-order chi connectivity index (χ1) is 32.5. The molecular formula is C60H115NO5. The lowest BCUT2D eigenvalue weighted by Gasteiger charge is -2.23. The van der Waals surface area contributed by atoms with Gasteiger partial charge >= 0.3 is 5.97 Å². The molecule has 0 fully saturated rings. The Labute approximate surface area is 411 Å². The third-order valence-corrected chi connectivity index (χ3v) is 13.8. The largest absolute Gasteiger partial charge is 0.458 e. The first-order valence-electron chi connectivity index (χ1n) is 29.6. The second-order valence-electron chi connectivity index (χ2n) is 20.4. The van der Waals surface area contributed by atoms with Crippen LogP contribution in [0, 0.1) is 0 Å². The van der Waals surface area contributed by atoms with Gasteiger partial charge in [0.05, 0.1) is 25.2 Å². The highest BCUT2D eigenvalue weighted by molar-refractivity contribution is 5.78. The van der Waals surface area contributed by atoms with Crippen molar-refractivity contribution in [3.63, 3.8) is 0 Å². The van der Waals surface area contributed by atoms with Crippen molar-refractivity contribution in [2.75, 3.05) is 6.61 Å². The highest BCUT2D eigenvalue weighted by atomic mass is 16.5. The minimum Gasteiger partial charge on any atom is -0.458 e. The third kappa shape index (κ3) is 48.8. The maximum Gasteiger partial charge on any atom is 0.306 e. The molecule has 3 atom stereocenters. The number of aliphatic hydroxyl groups is 2. The lowest BCUT2D eigenvalue weighted by atomic mass is 10.0. The van der Waals surface area contributed by atoms with E-state index in [0.717, 1.165) is 51.4 Å². The van der Waals surface area contributed by atoms with E-state index in [0.29, 0.717) is 12.8 Å². The van der Waals surface area contributed by atoms with Crippen LogP contribution in [0.1, 0.15) is 323 Å². The predicted octanol–water partition coefficient (Wildman–Crippen LogP) is 18.2. The molecule has 0 rings (SSSR count). The molecule has 0 aromatic rings. The van der Waals surface area contributed by atoms with Crippen LogP contribution in [0.2, 0.25) is 0 Å². The molecule has 0 spiro atoms. The Kier molecular flexibility index (Phi) is 52.9. The average molecular weight is 931 g/mol. The Bertz CT molecular complexity index is 1040. The third-order valence-electron chi connectivity index (χ3n) is 13.8. The van der Waals surface area contributed by atoms with Crippen LogP contribution in [-0.4, -0.2) is 46.9 Å². The number of hydrogen-bond donors (Lipinski definition) is 3. The maximum absolute atomic E-state index is 13.2. The summed E-state index contributed by atoms with van der Waals surface area (Å²) in [4.78, 5) is 26.2. The van der Waals surface area contributed by atoms with E-state index in [2.05, 4.69) is 38.2 Å². The van der Waals surface area contributed by atoms with Gasteiger partial charge in [0.1, 0.15) is 6.10 Å². The molecule has 6 nitrogen and oxygen atoms in total. The average Bonchev–Trinajstić information content (AvgIpc) is 3.31. The molecule has 0 heterocycles. The number of ether oxygens (including phenoxy) is 1. The molecule has 6 heteroatoms. The van der Waals surface area contributed by atoms with Gasteiger partial charge in [-0.25, -0.2) is 0 Å². The summed E-state index contributed by atoms with van der Waals surface area (Å²) in [6.07, 6.45) is 64.3. The van der Waals surface area contributed by atoms with Gasteiger partial charge in [-0.3, -0.25) is 9.59 Å². The Hall–Kier alpha value is -1.66. The van der Waals surface area contributed by atoms with Crippen LogP contribution in [0.15, 0.2) is 24.3 Å². The lowest BCUT2D eigenvalue weighted by Crippen LogP contribution is -2.46. The molecule has 1 amide bonds. The SMILES string of the molecule is CCCCCCCC/C=C\C/C=C/C(CC(=O)NC(CO)C(O)CCCCCCCCCCCCCCCCCCC)OC(=O)CCCCCCCCCCCCCCCCCCCCC. The topological polar surface area (TPSA) is 95.9 Å². The van der Waals surface area contributed by atoms with Gasteiger partial charge in [-0.1, -0.05) is 296 Å². The molecule has 0 saturated heterocycles. The van der Waals surface area contributed by atoms with Gasteiger partial charge in [0.15, 0.2) is 0 Å². The fraction of sp³-hybridized carbons (Fsp3) is 0.900. The first kappa shape index (κ1) is 64.3. The Balaban J connectivity index is 4.44. The van der Waals surface area contributed by atoms with Gasteiger partial charge in [-0.05, 0) is 38.2 Å². The number of hydrogen-bond acceptors (Lipinski definition) is 5. The Morgan fingerprint density at radius 3 is 1.18 bits per heavy atom. The van der Waals surface area contributed by atoms with Gasteiger partial charge in [0.2, 0.25) is 5.91 Å².